The van der Waals surface area contributed by atoms with Crippen LogP contribution in [0.15, 0.2) is 4.99 Å². The van der Waals surface area contributed by atoms with Crippen LogP contribution in [0.25, 0.3) is 0 Å². The molecule has 0 spiro atoms. The summed E-state index contributed by atoms with van der Waals surface area (Å²) in [5.74, 6) is 0.919. The van der Waals surface area contributed by atoms with Crippen molar-refractivity contribution in [2.24, 2.45) is 4.99 Å². The van der Waals surface area contributed by atoms with Crippen molar-refractivity contribution in [3.63, 3.8) is 0 Å². The minimum absolute atomic E-state index is 0. The zero-order chi connectivity index (χ0) is 16.9. The molecule has 0 amide bonds. The molecule has 1 aliphatic rings. The maximum atomic E-state index is 5.95. The van der Waals surface area contributed by atoms with E-state index in [0.29, 0.717) is 12.1 Å². The van der Waals surface area contributed by atoms with Crippen LogP contribution in [0.2, 0.25) is 0 Å². The van der Waals surface area contributed by atoms with E-state index in [4.69, 9.17) is 4.74 Å². The second kappa shape index (κ2) is 15.2. The largest absolute Gasteiger partial charge is 0.378 e. The lowest BCUT2D eigenvalue weighted by molar-refractivity contribution is 0.0281. The van der Waals surface area contributed by atoms with Crippen LogP contribution < -0.4 is 10.6 Å². The van der Waals surface area contributed by atoms with E-state index in [2.05, 4.69) is 48.3 Å². The van der Waals surface area contributed by atoms with E-state index in [-0.39, 0.29) is 24.0 Å². The van der Waals surface area contributed by atoms with Crippen molar-refractivity contribution >= 4 is 29.9 Å². The maximum Gasteiger partial charge on any atom is 0.191 e. The SMILES string of the molecule is CCNC(=NCCCOC1CCCCC1)NCCN(C)C(C)C.I. The molecule has 2 N–H and O–H groups in total. The van der Waals surface area contributed by atoms with Crippen molar-refractivity contribution in [2.45, 2.75) is 71.4 Å². The third-order valence-electron chi connectivity index (χ3n) is 4.46. The van der Waals surface area contributed by atoms with Gasteiger partial charge in [-0.2, -0.15) is 0 Å². The van der Waals surface area contributed by atoms with Gasteiger partial charge in [0, 0.05) is 38.8 Å². The van der Waals surface area contributed by atoms with Crippen LogP contribution >= 0.6 is 24.0 Å². The third-order valence-corrected chi connectivity index (χ3v) is 4.46. The van der Waals surface area contributed by atoms with Crippen molar-refractivity contribution in [3.05, 3.63) is 0 Å². The third kappa shape index (κ3) is 11.5. The molecule has 0 atom stereocenters. The Kier molecular flexibility index (Phi) is 15.1. The monoisotopic (exact) mass is 454 g/mol. The first kappa shape index (κ1) is 23.9. The first-order valence-electron chi connectivity index (χ1n) is 9.47. The summed E-state index contributed by atoms with van der Waals surface area (Å²) in [6.45, 7) is 11.0. The lowest BCUT2D eigenvalue weighted by atomic mass is 9.98. The predicted octanol–water partition coefficient (Wildman–Crippen LogP) is 3.24. The van der Waals surface area contributed by atoms with Crippen LogP contribution in [-0.4, -0.2) is 62.8 Å². The molecule has 0 bridgehead atoms. The molecule has 24 heavy (non-hydrogen) atoms. The second-order valence-electron chi connectivity index (χ2n) is 6.75. The van der Waals surface area contributed by atoms with Crippen LogP contribution in [0.4, 0.5) is 0 Å². The standard InChI is InChI=1S/C18H38N4O.HI/c1-5-19-18(21-13-14-22(4)16(2)3)20-12-9-15-23-17-10-7-6-8-11-17;/h16-17H,5-15H2,1-4H3,(H2,19,20,21);1H. The van der Waals surface area contributed by atoms with Gasteiger partial charge in [0.25, 0.3) is 0 Å². The smallest absolute Gasteiger partial charge is 0.191 e. The molecule has 0 heterocycles. The molecule has 0 saturated heterocycles. The zero-order valence-electron chi connectivity index (χ0n) is 16.1. The van der Waals surface area contributed by atoms with E-state index in [1.54, 1.807) is 0 Å². The van der Waals surface area contributed by atoms with Crippen LogP contribution in [0, 0.1) is 0 Å². The van der Waals surface area contributed by atoms with Gasteiger partial charge in [-0.3, -0.25) is 4.99 Å². The van der Waals surface area contributed by atoms with E-state index >= 15 is 0 Å². The highest BCUT2D eigenvalue weighted by atomic mass is 127. The molecule has 0 aromatic rings. The fraction of sp³-hybridized carbons (Fsp3) is 0.944. The van der Waals surface area contributed by atoms with Crippen LogP contribution in [0.3, 0.4) is 0 Å². The van der Waals surface area contributed by atoms with Gasteiger partial charge in [0.2, 0.25) is 0 Å². The molecule has 1 saturated carbocycles. The van der Waals surface area contributed by atoms with E-state index in [1.165, 1.54) is 32.1 Å². The highest BCUT2D eigenvalue weighted by Gasteiger charge is 2.12. The molecule has 0 aromatic carbocycles. The van der Waals surface area contributed by atoms with Gasteiger partial charge in [-0.25, -0.2) is 0 Å². The number of nitrogens with zero attached hydrogens (tertiary/aromatic N) is 2. The average molecular weight is 454 g/mol. The first-order chi connectivity index (χ1) is 11.1. The van der Waals surface area contributed by atoms with E-state index < -0.39 is 0 Å². The number of hydrogen-bond donors (Lipinski definition) is 2. The zero-order valence-corrected chi connectivity index (χ0v) is 18.5. The molecule has 144 valence electrons. The summed E-state index contributed by atoms with van der Waals surface area (Å²) in [5.41, 5.74) is 0. The molecule has 5 nitrogen and oxygen atoms in total. The Labute approximate surface area is 166 Å². The molecule has 0 radical (unpaired) electrons. The van der Waals surface area contributed by atoms with Gasteiger partial charge in [-0.05, 0) is 47.1 Å². The Morgan fingerprint density at radius 1 is 1.21 bits per heavy atom. The normalized spacial score (nSPS) is 16.3. The van der Waals surface area contributed by atoms with Crippen molar-refractivity contribution < 1.29 is 4.74 Å². The van der Waals surface area contributed by atoms with E-state index in [1.807, 2.05) is 0 Å². The predicted molar refractivity (Wildman–Crippen MR) is 115 cm³/mol. The van der Waals surface area contributed by atoms with Crippen molar-refractivity contribution in [1.29, 1.82) is 0 Å². The topological polar surface area (TPSA) is 48.9 Å². The summed E-state index contributed by atoms with van der Waals surface area (Å²) in [6, 6.07) is 0.577. The number of guanidine groups is 1. The fourth-order valence-corrected chi connectivity index (χ4v) is 2.69. The van der Waals surface area contributed by atoms with Gasteiger partial charge >= 0.3 is 0 Å². The highest BCUT2D eigenvalue weighted by Crippen LogP contribution is 2.20. The summed E-state index contributed by atoms with van der Waals surface area (Å²) in [5, 5.41) is 6.71. The number of rotatable bonds is 10. The molecule has 6 heteroatoms. The van der Waals surface area contributed by atoms with Crippen LogP contribution in [0.5, 0.6) is 0 Å². The van der Waals surface area contributed by atoms with Crippen molar-refractivity contribution in [3.8, 4) is 0 Å². The lowest BCUT2D eigenvalue weighted by Crippen LogP contribution is -2.42. The minimum atomic E-state index is 0. The molecule has 0 unspecified atom stereocenters. The molecular formula is C18H39IN4O. The number of likely N-dealkylation sites (N-methyl/N-ethyl adjacent to an activating group) is 1. The van der Waals surface area contributed by atoms with Gasteiger partial charge in [-0.15, -0.1) is 24.0 Å². The number of halogens is 1. The molecule has 1 fully saturated rings. The number of hydrogen-bond acceptors (Lipinski definition) is 3. The van der Waals surface area contributed by atoms with Gasteiger partial charge in [0.05, 0.1) is 6.10 Å². The second-order valence-corrected chi connectivity index (χ2v) is 6.75. The highest BCUT2D eigenvalue weighted by molar-refractivity contribution is 14.0. The van der Waals surface area contributed by atoms with Crippen LogP contribution in [0.1, 0.15) is 59.3 Å². The van der Waals surface area contributed by atoms with Crippen molar-refractivity contribution in [2.75, 3.05) is 39.8 Å². The first-order valence-corrected chi connectivity index (χ1v) is 9.47. The Morgan fingerprint density at radius 3 is 2.54 bits per heavy atom. The molecule has 1 rings (SSSR count). The Balaban J connectivity index is 0.00000529. The number of aliphatic imine (C=N–C) groups is 1. The Hall–Kier alpha value is -0.0800. The molecule has 1 aliphatic carbocycles. The average Bonchev–Trinajstić information content (AvgIpc) is 2.55. The Morgan fingerprint density at radius 2 is 1.92 bits per heavy atom. The van der Waals surface area contributed by atoms with Gasteiger partial charge < -0.3 is 20.3 Å². The van der Waals surface area contributed by atoms with Gasteiger partial charge in [0.15, 0.2) is 5.96 Å². The van der Waals surface area contributed by atoms with E-state index in [9.17, 15) is 0 Å². The molecule has 0 aromatic heterocycles. The number of nitrogens with one attached hydrogen (secondary N) is 2. The fourth-order valence-electron chi connectivity index (χ4n) is 2.69. The summed E-state index contributed by atoms with van der Waals surface area (Å²) >= 11 is 0. The lowest BCUT2D eigenvalue weighted by Gasteiger charge is -2.22. The molecule has 0 aliphatic heterocycles. The summed E-state index contributed by atoms with van der Waals surface area (Å²) in [6.07, 6.45) is 8.05. The van der Waals surface area contributed by atoms with Crippen LogP contribution in [-0.2, 0) is 4.74 Å². The van der Waals surface area contributed by atoms with Crippen molar-refractivity contribution in [1.82, 2.24) is 15.5 Å². The van der Waals surface area contributed by atoms with E-state index in [0.717, 1.165) is 45.2 Å². The molecular weight excluding hydrogens is 415 g/mol. The maximum absolute atomic E-state index is 5.95. The summed E-state index contributed by atoms with van der Waals surface area (Å²) in [7, 11) is 2.15. The van der Waals surface area contributed by atoms with Gasteiger partial charge in [0.1, 0.15) is 0 Å². The number of ether oxygens (including phenoxy) is 1. The minimum Gasteiger partial charge on any atom is -0.378 e. The summed E-state index contributed by atoms with van der Waals surface area (Å²) < 4.78 is 5.95. The van der Waals surface area contributed by atoms with Gasteiger partial charge in [-0.1, -0.05) is 19.3 Å². The Bertz CT molecular complexity index is 320. The quantitative estimate of drug-likeness (QED) is 0.230. The summed E-state index contributed by atoms with van der Waals surface area (Å²) in [4.78, 5) is 6.96.